The number of likely N-dealkylation sites (tertiary alicyclic amines) is 1. The Morgan fingerprint density at radius 3 is 2.54 bits per heavy atom. The molecule has 3 rings (SSSR count). The van der Waals surface area contributed by atoms with E-state index in [0.29, 0.717) is 31.6 Å². The minimum absolute atomic E-state index is 0.0756. The summed E-state index contributed by atoms with van der Waals surface area (Å²) < 4.78 is 28.3. The predicted octanol–water partition coefficient (Wildman–Crippen LogP) is 2.79. The van der Waals surface area contributed by atoms with Crippen molar-refractivity contribution in [3.63, 3.8) is 0 Å². The van der Waals surface area contributed by atoms with Gasteiger partial charge in [0.2, 0.25) is 0 Å². The van der Waals surface area contributed by atoms with Crippen molar-refractivity contribution in [2.24, 2.45) is 5.92 Å². The van der Waals surface area contributed by atoms with Gasteiger partial charge in [0.1, 0.15) is 11.5 Å². The number of aromatic nitrogens is 2. The summed E-state index contributed by atoms with van der Waals surface area (Å²) >= 11 is 0. The highest BCUT2D eigenvalue weighted by Gasteiger charge is 2.27. The minimum Gasteiger partial charge on any atom is -0.481 e. The van der Waals surface area contributed by atoms with Crippen molar-refractivity contribution in [2.75, 3.05) is 18.4 Å². The van der Waals surface area contributed by atoms with E-state index < -0.39 is 29.6 Å². The third-order valence-electron chi connectivity index (χ3n) is 4.39. The van der Waals surface area contributed by atoms with Gasteiger partial charge < -0.3 is 10.0 Å². The molecule has 1 aliphatic heterocycles. The van der Waals surface area contributed by atoms with E-state index in [1.54, 1.807) is 13.0 Å². The van der Waals surface area contributed by atoms with Crippen LogP contribution in [0.5, 0.6) is 0 Å². The van der Waals surface area contributed by atoms with E-state index in [9.17, 15) is 18.4 Å². The molecule has 138 valence electrons. The van der Waals surface area contributed by atoms with Gasteiger partial charge >= 0.3 is 12.0 Å². The largest absolute Gasteiger partial charge is 0.481 e. The van der Waals surface area contributed by atoms with E-state index in [1.807, 2.05) is 0 Å². The first-order valence-corrected chi connectivity index (χ1v) is 8.16. The zero-order valence-corrected chi connectivity index (χ0v) is 14.1. The molecule has 0 spiro atoms. The van der Waals surface area contributed by atoms with Gasteiger partial charge in [-0.15, -0.1) is 5.10 Å². The normalized spacial score (nSPS) is 15.1. The molecule has 1 aliphatic rings. The Morgan fingerprint density at radius 1 is 1.23 bits per heavy atom. The molecule has 1 aromatic heterocycles. The Bertz CT molecular complexity index is 845. The van der Waals surface area contributed by atoms with Crippen LogP contribution < -0.4 is 5.32 Å². The summed E-state index contributed by atoms with van der Waals surface area (Å²) in [5.74, 6) is -2.49. The molecule has 0 bridgehead atoms. The second-order valence-electron chi connectivity index (χ2n) is 6.21. The van der Waals surface area contributed by atoms with E-state index in [4.69, 9.17) is 5.11 Å². The molecular formula is C17H18F2N4O3. The van der Waals surface area contributed by atoms with Crippen molar-refractivity contribution in [3.05, 3.63) is 41.6 Å². The number of halogens is 2. The van der Waals surface area contributed by atoms with Crippen molar-refractivity contribution in [1.29, 1.82) is 0 Å². The Labute approximate surface area is 148 Å². The molecule has 7 nitrogen and oxygen atoms in total. The van der Waals surface area contributed by atoms with Crippen molar-refractivity contribution in [1.82, 2.24) is 14.7 Å². The van der Waals surface area contributed by atoms with Crippen LogP contribution in [0, 0.1) is 24.5 Å². The molecule has 0 aliphatic carbocycles. The highest BCUT2D eigenvalue weighted by Crippen LogP contribution is 2.21. The first kappa shape index (κ1) is 17.8. The number of hydrogen-bond acceptors (Lipinski definition) is 3. The number of piperidine rings is 1. The second-order valence-corrected chi connectivity index (χ2v) is 6.21. The average Bonchev–Trinajstić information content (AvgIpc) is 2.95. The number of nitrogens with zero attached hydrogens (tertiary/aromatic N) is 3. The van der Waals surface area contributed by atoms with Gasteiger partial charge in [-0.05, 0) is 31.9 Å². The molecule has 26 heavy (non-hydrogen) atoms. The van der Waals surface area contributed by atoms with Gasteiger partial charge in [0.15, 0.2) is 11.6 Å². The first-order chi connectivity index (χ1) is 12.3. The van der Waals surface area contributed by atoms with Gasteiger partial charge in [0.25, 0.3) is 0 Å². The van der Waals surface area contributed by atoms with Crippen LogP contribution in [-0.2, 0) is 4.79 Å². The second kappa shape index (κ2) is 7.11. The van der Waals surface area contributed by atoms with Crippen LogP contribution in [0.25, 0.3) is 5.69 Å². The standard InChI is InChI=1S/C17H18F2N4O3/c1-10-8-15(21-23(10)14-3-2-12(18)9-13(14)19)20-17(26)22-6-4-11(5-7-22)16(24)25/h2-3,8-9,11H,4-7H2,1H3,(H,24,25)(H,20,21,26). The zero-order chi connectivity index (χ0) is 18.8. The van der Waals surface area contributed by atoms with E-state index in [2.05, 4.69) is 10.4 Å². The van der Waals surface area contributed by atoms with Crippen LogP contribution in [0.1, 0.15) is 18.5 Å². The number of carbonyl (C=O) groups is 2. The topological polar surface area (TPSA) is 87.5 Å². The number of carboxylic acid groups (broad SMARTS) is 1. The highest BCUT2D eigenvalue weighted by atomic mass is 19.1. The Kier molecular flexibility index (Phi) is 4.88. The molecule has 2 N–H and O–H groups in total. The SMILES string of the molecule is Cc1cc(NC(=O)N2CCC(C(=O)O)CC2)nn1-c1ccc(F)cc1F. The lowest BCUT2D eigenvalue weighted by Crippen LogP contribution is -2.42. The van der Waals surface area contributed by atoms with Gasteiger partial charge in [-0.2, -0.15) is 0 Å². The summed E-state index contributed by atoms with van der Waals surface area (Å²) in [6.07, 6.45) is 0.800. The van der Waals surface area contributed by atoms with Gasteiger partial charge in [-0.3, -0.25) is 10.1 Å². The number of nitrogens with one attached hydrogen (secondary N) is 1. The summed E-state index contributed by atoms with van der Waals surface area (Å²) in [7, 11) is 0. The molecule has 0 radical (unpaired) electrons. The third-order valence-corrected chi connectivity index (χ3v) is 4.39. The molecule has 0 unspecified atom stereocenters. The number of amides is 2. The first-order valence-electron chi connectivity index (χ1n) is 8.16. The maximum Gasteiger partial charge on any atom is 0.323 e. The number of benzene rings is 1. The van der Waals surface area contributed by atoms with E-state index in [-0.39, 0.29) is 11.5 Å². The van der Waals surface area contributed by atoms with Crippen LogP contribution in [0.4, 0.5) is 19.4 Å². The molecule has 0 atom stereocenters. The van der Waals surface area contributed by atoms with Crippen LogP contribution in [0.15, 0.2) is 24.3 Å². The fraction of sp³-hybridized carbons (Fsp3) is 0.353. The number of hydrogen-bond donors (Lipinski definition) is 2. The van der Waals surface area contributed by atoms with Gasteiger partial charge in [0, 0.05) is 30.9 Å². The van der Waals surface area contributed by atoms with E-state index in [1.165, 1.54) is 15.6 Å². The van der Waals surface area contributed by atoms with Crippen molar-refractivity contribution >= 4 is 17.8 Å². The molecule has 9 heteroatoms. The maximum atomic E-state index is 13.9. The van der Waals surface area contributed by atoms with Crippen molar-refractivity contribution < 1.29 is 23.5 Å². The minimum atomic E-state index is -0.847. The molecule has 2 heterocycles. The summed E-state index contributed by atoms with van der Waals surface area (Å²) in [6, 6.07) is 4.35. The molecule has 1 fully saturated rings. The Hall–Kier alpha value is -2.97. The molecule has 1 aromatic carbocycles. The maximum absolute atomic E-state index is 13.9. The Balaban J connectivity index is 1.70. The lowest BCUT2D eigenvalue weighted by molar-refractivity contribution is -0.143. The molecule has 0 saturated carbocycles. The fourth-order valence-electron chi connectivity index (χ4n) is 2.95. The summed E-state index contributed by atoms with van der Waals surface area (Å²) in [5.41, 5.74) is 0.641. The number of rotatable bonds is 3. The summed E-state index contributed by atoms with van der Waals surface area (Å²) in [4.78, 5) is 24.8. The van der Waals surface area contributed by atoms with Crippen LogP contribution in [0.2, 0.25) is 0 Å². The number of aliphatic carboxylic acids is 1. The third kappa shape index (κ3) is 3.66. The highest BCUT2D eigenvalue weighted by molar-refractivity contribution is 5.88. The Morgan fingerprint density at radius 2 is 1.92 bits per heavy atom. The zero-order valence-electron chi connectivity index (χ0n) is 14.1. The number of aryl methyl sites for hydroxylation is 1. The average molecular weight is 364 g/mol. The molecular weight excluding hydrogens is 346 g/mol. The van der Waals surface area contributed by atoms with Gasteiger partial charge in [-0.1, -0.05) is 0 Å². The van der Waals surface area contributed by atoms with Gasteiger partial charge in [-0.25, -0.2) is 18.3 Å². The lowest BCUT2D eigenvalue weighted by atomic mass is 9.97. The van der Waals surface area contributed by atoms with Gasteiger partial charge in [0.05, 0.1) is 5.92 Å². The number of carboxylic acids is 1. The number of anilines is 1. The number of carbonyl (C=O) groups excluding carboxylic acids is 1. The van der Waals surface area contributed by atoms with E-state index >= 15 is 0 Å². The summed E-state index contributed by atoms with van der Waals surface area (Å²) in [5, 5.41) is 15.8. The van der Waals surface area contributed by atoms with Crippen molar-refractivity contribution in [2.45, 2.75) is 19.8 Å². The monoisotopic (exact) mass is 364 g/mol. The predicted molar refractivity (Wildman–Crippen MR) is 89.2 cm³/mol. The fourth-order valence-corrected chi connectivity index (χ4v) is 2.95. The van der Waals surface area contributed by atoms with Crippen LogP contribution in [0.3, 0.4) is 0 Å². The quantitative estimate of drug-likeness (QED) is 0.877. The van der Waals surface area contributed by atoms with Crippen LogP contribution >= 0.6 is 0 Å². The van der Waals surface area contributed by atoms with E-state index in [0.717, 1.165) is 12.1 Å². The summed E-state index contributed by atoms with van der Waals surface area (Å²) in [6.45, 7) is 2.37. The molecule has 2 amide bonds. The van der Waals surface area contributed by atoms with Crippen LogP contribution in [-0.4, -0.2) is 44.9 Å². The molecule has 1 saturated heterocycles. The van der Waals surface area contributed by atoms with Crippen molar-refractivity contribution in [3.8, 4) is 5.69 Å². The molecule has 2 aromatic rings. The lowest BCUT2D eigenvalue weighted by Gasteiger charge is -2.29. The smallest absolute Gasteiger partial charge is 0.323 e. The number of urea groups is 1.